The Morgan fingerprint density at radius 3 is 3.04 bits per heavy atom. The molecule has 0 saturated carbocycles. The number of aromatic nitrogens is 2. The van der Waals surface area contributed by atoms with Crippen LogP contribution >= 0.6 is 0 Å². The van der Waals surface area contributed by atoms with Crippen LogP contribution < -0.4 is 10.1 Å². The van der Waals surface area contributed by atoms with Gasteiger partial charge >= 0.3 is 6.03 Å². The number of amides is 2. The first-order valence-electron chi connectivity index (χ1n) is 8.32. The topological polar surface area (TPSA) is 59.4 Å². The first-order valence-corrected chi connectivity index (χ1v) is 8.32. The van der Waals surface area contributed by atoms with E-state index in [9.17, 15) is 4.79 Å². The molecule has 1 aliphatic heterocycles. The molecule has 1 N–H and O–H groups in total. The second kappa shape index (κ2) is 7.38. The highest BCUT2D eigenvalue weighted by Gasteiger charge is 2.22. The van der Waals surface area contributed by atoms with E-state index < -0.39 is 0 Å². The van der Waals surface area contributed by atoms with Crippen molar-refractivity contribution < 1.29 is 9.53 Å². The van der Waals surface area contributed by atoms with Gasteiger partial charge in [-0.25, -0.2) is 4.79 Å². The fourth-order valence-electron chi connectivity index (χ4n) is 3.10. The Bertz CT molecular complexity index is 684. The second-order valence-electron chi connectivity index (χ2n) is 6.29. The SMILES string of the molecule is COc1cccc2c1CCN(C(=O)NCC(C)Cn1cccn1)C2. The minimum absolute atomic E-state index is 0.00390. The van der Waals surface area contributed by atoms with Gasteiger partial charge in [0.05, 0.1) is 7.11 Å². The lowest BCUT2D eigenvalue weighted by Crippen LogP contribution is -2.44. The second-order valence-corrected chi connectivity index (χ2v) is 6.29. The van der Waals surface area contributed by atoms with Gasteiger partial charge in [-0.1, -0.05) is 19.1 Å². The van der Waals surface area contributed by atoms with Crippen LogP contribution in [0.1, 0.15) is 18.1 Å². The molecule has 128 valence electrons. The zero-order chi connectivity index (χ0) is 16.9. The van der Waals surface area contributed by atoms with Gasteiger partial charge < -0.3 is 15.0 Å². The van der Waals surface area contributed by atoms with Crippen molar-refractivity contribution >= 4 is 6.03 Å². The summed E-state index contributed by atoms with van der Waals surface area (Å²) in [6.07, 6.45) is 4.54. The fourth-order valence-corrected chi connectivity index (χ4v) is 3.10. The average molecular weight is 328 g/mol. The number of rotatable bonds is 5. The van der Waals surface area contributed by atoms with Crippen LogP contribution in [0.15, 0.2) is 36.7 Å². The van der Waals surface area contributed by atoms with Crippen molar-refractivity contribution in [2.24, 2.45) is 5.92 Å². The Kier molecular flexibility index (Phi) is 5.03. The molecule has 0 bridgehead atoms. The van der Waals surface area contributed by atoms with E-state index >= 15 is 0 Å². The van der Waals surface area contributed by atoms with Gasteiger partial charge in [-0.05, 0) is 30.0 Å². The highest BCUT2D eigenvalue weighted by Crippen LogP contribution is 2.27. The van der Waals surface area contributed by atoms with Crippen molar-refractivity contribution in [2.75, 3.05) is 20.2 Å². The number of urea groups is 1. The van der Waals surface area contributed by atoms with Crippen molar-refractivity contribution in [3.05, 3.63) is 47.8 Å². The Morgan fingerprint density at radius 1 is 1.42 bits per heavy atom. The number of carbonyl (C=O) groups is 1. The van der Waals surface area contributed by atoms with E-state index in [0.717, 1.165) is 18.7 Å². The van der Waals surface area contributed by atoms with Crippen molar-refractivity contribution in [1.29, 1.82) is 0 Å². The number of benzene rings is 1. The van der Waals surface area contributed by atoms with Crippen LogP contribution in [0.3, 0.4) is 0 Å². The Morgan fingerprint density at radius 2 is 2.29 bits per heavy atom. The zero-order valence-electron chi connectivity index (χ0n) is 14.2. The van der Waals surface area contributed by atoms with E-state index in [1.807, 2.05) is 34.0 Å². The number of ether oxygens (including phenoxy) is 1. The van der Waals surface area contributed by atoms with Gasteiger partial charge in [0.15, 0.2) is 0 Å². The standard InChI is InChI=1S/C18H24N4O2/c1-14(12-22-9-4-8-20-22)11-19-18(23)21-10-7-16-15(13-21)5-3-6-17(16)24-2/h3-6,8-9,14H,7,10-13H2,1-2H3,(H,19,23). The summed E-state index contributed by atoms with van der Waals surface area (Å²) in [7, 11) is 1.69. The minimum Gasteiger partial charge on any atom is -0.496 e. The van der Waals surface area contributed by atoms with Crippen molar-refractivity contribution in [1.82, 2.24) is 20.0 Å². The molecule has 1 aromatic carbocycles. The molecule has 2 aromatic rings. The van der Waals surface area contributed by atoms with Gasteiger partial charge in [-0.15, -0.1) is 0 Å². The molecule has 0 fully saturated rings. The number of nitrogens with one attached hydrogen (secondary N) is 1. The quantitative estimate of drug-likeness (QED) is 0.916. The van der Waals surface area contributed by atoms with E-state index in [-0.39, 0.29) is 6.03 Å². The predicted molar refractivity (Wildman–Crippen MR) is 91.9 cm³/mol. The summed E-state index contributed by atoms with van der Waals surface area (Å²) >= 11 is 0. The summed E-state index contributed by atoms with van der Waals surface area (Å²) in [5.41, 5.74) is 2.39. The molecule has 1 aliphatic rings. The zero-order valence-corrected chi connectivity index (χ0v) is 14.2. The van der Waals surface area contributed by atoms with Crippen LogP contribution in [0.4, 0.5) is 4.79 Å². The number of fused-ring (bicyclic) bond motifs is 1. The summed E-state index contributed by atoms with van der Waals surface area (Å²) in [4.78, 5) is 14.3. The van der Waals surface area contributed by atoms with Gasteiger partial charge in [0.25, 0.3) is 0 Å². The van der Waals surface area contributed by atoms with Gasteiger partial charge in [-0.3, -0.25) is 4.68 Å². The van der Waals surface area contributed by atoms with E-state index in [1.165, 1.54) is 11.1 Å². The largest absolute Gasteiger partial charge is 0.496 e. The lowest BCUT2D eigenvalue weighted by atomic mass is 9.99. The lowest BCUT2D eigenvalue weighted by Gasteiger charge is -2.30. The van der Waals surface area contributed by atoms with Crippen LogP contribution in [-0.2, 0) is 19.5 Å². The molecule has 24 heavy (non-hydrogen) atoms. The normalized spacial score (nSPS) is 14.8. The van der Waals surface area contributed by atoms with Gasteiger partial charge in [0.2, 0.25) is 0 Å². The Hall–Kier alpha value is -2.50. The molecule has 6 heteroatoms. The third-order valence-electron chi connectivity index (χ3n) is 4.39. The van der Waals surface area contributed by atoms with Gasteiger partial charge in [0, 0.05) is 44.1 Å². The van der Waals surface area contributed by atoms with Crippen LogP contribution in [0, 0.1) is 5.92 Å². The predicted octanol–water partition coefficient (Wildman–Crippen LogP) is 2.30. The molecule has 1 atom stereocenters. The highest BCUT2D eigenvalue weighted by molar-refractivity contribution is 5.74. The molecule has 0 aliphatic carbocycles. The third-order valence-corrected chi connectivity index (χ3v) is 4.39. The summed E-state index contributed by atoms with van der Waals surface area (Å²) in [5.74, 6) is 1.24. The molecule has 0 radical (unpaired) electrons. The van der Waals surface area contributed by atoms with E-state index in [0.29, 0.717) is 25.6 Å². The summed E-state index contributed by atoms with van der Waals surface area (Å²) in [6, 6.07) is 7.93. The van der Waals surface area contributed by atoms with Crippen LogP contribution in [0.25, 0.3) is 0 Å². The maximum absolute atomic E-state index is 12.4. The van der Waals surface area contributed by atoms with E-state index in [2.05, 4.69) is 23.4 Å². The van der Waals surface area contributed by atoms with E-state index in [4.69, 9.17) is 4.74 Å². The maximum Gasteiger partial charge on any atom is 0.317 e. The molecule has 0 spiro atoms. The molecule has 3 rings (SSSR count). The van der Waals surface area contributed by atoms with Crippen molar-refractivity contribution in [3.63, 3.8) is 0 Å². The van der Waals surface area contributed by atoms with Crippen LogP contribution in [0.5, 0.6) is 5.75 Å². The molecule has 2 amide bonds. The van der Waals surface area contributed by atoms with Crippen molar-refractivity contribution in [3.8, 4) is 5.75 Å². The smallest absolute Gasteiger partial charge is 0.317 e. The first-order chi connectivity index (χ1) is 11.7. The number of hydrogen-bond donors (Lipinski definition) is 1. The Balaban J connectivity index is 1.52. The molecule has 0 saturated heterocycles. The van der Waals surface area contributed by atoms with E-state index in [1.54, 1.807) is 13.3 Å². The average Bonchev–Trinajstić information content (AvgIpc) is 3.11. The maximum atomic E-state index is 12.4. The molecule has 2 heterocycles. The fraction of sp³-hybridized carbons (Fsp3) is 0.444. The lowest BCUT2D eigenvalue weighted by molar-refractivity contribution is 0.189. The van der Waals surface area contributed by atoms with Gasteiger partial charge in [-0.2, -0.15) is 5.10 Å². The molecular weight excluding hydrogens is 304 g/mol. The van der Waals surface area contributed by atoms with Crippen molar-refractivity contribution in [2.45, 2.75) is 26.4 Å². The summed E-state index contributed by atoms with van der Waals surface area (Å²) in [6.45, 7) is 4.89. The number of hydrogen-bond acceptors (Lipinski definition) is 3. The molecule has 1 aromatic heterocycles. The van der Waals surface area contributed by atoms with Crippen LogP contribution in [0.2, 0.25) is 0 Å². The highest BCUT2D eigenvalue weighted by atomic mass is 16.5. The molecular formula is C18H24N4O2. The summed E-state index contributed by atoms with van der Waals surface area (Å²) in [5, 5.41) is 7.23. The minimum atomic E-state index is -0.00390. The van der Waals surface area contributed by atoms with Crippen LogP contribution in [-0.4, -0.2) is 40.9 Å². The number of nitrogens with zero attached hydrogens (tertiary/aromatic N) is 3. The summed E-state index contributed by atoms with van der Waals surface area (Å²) < 4.78 is 7.30. The first kappa shape index (κ1) is 16.4. The van der Waals surface area contributed by atoms with Gasteiger partial charge in [0.1, 0.15) is 5.75 Å². The monoisotopic (exact) mass is 328 g/mol. The Labute approximate surface area is 142 Å². The number of carbonyl (C=O) groups excluding carboxylic acids is 1. The number of methoxy groups -OCH3 is 1. The molecule has 6 nitrogen and oxygen atoms in total. The molecule has 1 unspecified atom stereocenters. The third kappa shape index (κ3) is 3.69.